The number of aryl methyl sites for hydroxylation is 1. The van der Waals surface area contributed by atoms with Crippen LogP contribution in [0, 0.1) is 6.92 Å². The molecule has 7 heteroatoms. The smallest absolute Gasteiger partial charge is 0.323 e. The Balaban J connectivity index is 2.48. The van der Waals surface area contributed by atoms with Gasteiger partial charge in [0.25, 0.3) is 0 Å². The van der Waals surface area contributed by atoms with Crippen molar-refractivity contribution in [3.8, 4) is 0 Å². The van der Waals surface area contributed by atoms with Gasteiger partial charge in [0, 0.05) is 6.54 Å². The maximum atomic E-state index is 11.7. The van der Waals surface area contributed by atoms with Gasteiger partial charge in [-0.3, -0.25) is 4.79 Å². The lowest BCUT2D eigenvalue weighted by atomic mass is 10.4. The third kappa shape index (κ3) is 4.44. The van der Waals surface area contributed by atoms with Crippen molar-refractivity contribution in [2.45, 2.75) is 26.8 Å². The lowest BCUT2D eigenvalue weighted by Gasteiger charge is -2.19. The molecule has 2 N–H and O–H groups in total. The van der Waals surface area contributed by atoms with E-state index in [1.165, 1.54) is 4.90 Å². The zero-order chi connectivity index (χ0) is 13.5. The van der Waals surface area contributed by atoms with Gasteiger partial charge in [0.2, 0.25) is 5.89 Å². The van der Waals surface area contributed by atoms with Gasteiger partial charge in [-0.25, -0.2) is 9.78 Å². The van der Waals surface area contributed by atoms with Crippen LogP contribution in [-0.2, 0) is 11.3 Å². The summed E-state index contributed by atoms with van der Waals surface area (Å²) in [5.41, 5.74) is 0. The summed E-state index contributed by atoms with van der Waals surface area (Å²) < 4.78 is 5.19. The number of nitrogens with zero attached hydrogens (tertiary/aromatic N) is 2. The number of carbonyl (C=O) groups is 2. The molecule has 0 aliphatic heterocycles. The number of urea groups is 1. The van der Waals surface area contributed by atoms with Crippen molar-refractivity contribution in [3.63, 3.8) is 0 Å². The second kappa shape index (κ2) is 6.63. The van der Waals surface area contributed by atoms with Crippen molar-refractivity contribution in [1.82, 2.24) is 15.2 Å². The third-order valence-corrected chi connectivity index (χ3v) is 2.17. The highest BCUT2D eigenvalue weighted by Crippen LogP contribution is 2.01. The van der Waals surface area contributed by atoms with Gasteiger partial charge in [-0.1, -0.05) is 6.92 Å². The molecule has 0 unspecified atom stereocenters. The molecule has 1 aromatic heterocycles. The number of carboxylic acids is 1. The highest BCUT2D eigenvalue weighted by molar-refractivity contribution is 5.79. The molecule has 0 bridgehead atoms. The molecule has 7 nitrogen and oxygen atoms in total. The average Bonchev–Trinajstić information content (AvgIpc) is 2.71. The first-order chi connectivity index (χ1) is 8.52. The number of carboxylic acid groups (broad SMARTS) is 1. The maximum absolute atomic E-state index is 11.7. The minimum atomic E-state index is -1.04. The van der Waals surface area contributed by atoms with Crippen LogP contribution in [0.3, 0.4) is 0 Å². The maximum Gasteiger partial charge on any atom is 0.323 e. The van der Waals surface area contributed by atoms with Crippen LogP contribution in [-0.4, -0.2) is 40.1 Å². The Labute approximate surface area is 105 Å². The largest absolute Gasteiger partial charge is 0.480 e. The number of amides is 2. The van der Waals surface area contributed by atoms with E-state index in [1.807, 2.05) is 6.92 Å². The number of aromatic nitrogens is 1. The number of hydrogen-bond acceptors (Lipinski definition) is 4. The van der Waals surface area contributed by atoms with Gasteiger partial charge in [0.15, 0.2) is 0 Å². The first-order valence-electron chi connectivity index (χ1n) is 5.68. The summed E-state index contributed by atoms with van der Waals surface area (Å²) in [7, 11) is 0. The standard InChI is InChI=1S/C11H17N3O4/c1-3-4-14(7-10(15)16)11(17)13-6-9-12-5-8(2)18-9/h5H,3-4,6-7H2,1-2H3,(H,13,17)(H,15,16). The van der Waals surface area contributed by atoms with E-state index in [1.54, 1.807) is 13.1 Å². The SMILES string of the molecule is CCCN(CC(=O)O)C(=O)NCc1ncc(C)o1. The van der Waals surface area contributed by atoms with E-state index < -0.39 is 12.0 Å². The normalized spacial score (nSPS) is 10.1. The molecule has 0 fully saturated rings. The van der Waals surface area contributed by atoms with Gasteiger partial charge in [0.1, 0.15) is 12.3 Å². The summed E-state index contributed by atoms with van der Waals surface area (Å²) in [6.07, 6.45) is 2.25. The van der Waals surface area contributed by atoms with Crippen LogP contribution in [0.15, 0.2) is 10.6 Å². The quantitative estimate of drug-likeness (QED) is 0.790. The number of nitrogens with one attached hydrogen (secondary N) is 1. The van der Waals surface area contributed by atoms with Gasteiger partial charge >= 0.3 is 12.0 Å². The summed E-state index contributed by atoms with van der Waals surface area (Å²) in [5.74, 6) is 0.0217. The fourth-order valence-electron chi connectivity index (χ4n) is 1.43. The predicted octanol–water partition coefficient (Wildman–Crippen LogP) is 0.989. The van der Waals surface area contributed by atoms with Crippen LogP contribution >= 0.6 is 0 Å². The zero-order valence-electron chi connectivity index (χ0n) is 10.5. The van der Waals surface area contributed by atoms with E-state index in [0.29, 0.717) is 24.6 Å². The Morgan fingerprint density at radius 2 is 2.28 bits per heavy atom. The van der Waals surface area contributed by atoms with Crippen LogP contribution in [0.2, 0.25) is 0 Å². The van der Waals surface area contributed by atoms with Gasteiger partial charge < -0.3 is 19.7 Å². The lowest BCUT2D eigenvalue weighted by molar-refractivity contribution is -0.137. The fraction of sp³-hybridized carbons (Fsp3) is 0.545. The number of aliphatic carboxylic acids is 1. The van der Waals surface area contributed by atoms with Gasteiger partial charge in [-0.2, -0.15) is 0 Å². The van der Waals surface area contributed by atoms with E-state index >= 15 is 0 Å². The number of rotatable bonds is 6. The van der Waals surface area contributed by atoms with Crippen LogP contribution in [0.1, 0.15) is 25.0 Å². The number of hydrogen-bond donors (Lipinski definition) is 2. The molecule has 1 heterocycles. The molecule has 0 saturated heterocycles. The summed E-state index contributed by atoms with van der Waals surface area (Å²) in [4.78, 5) is 27.5. The van der Waals surface area contributed by atoms with Crippen molar-refractivity contribution in [1.29, 1.82) is 0 Å². The van der Waals surface area contributed by atoms with Crippen LogP contribution in [0.4, 0.5) is 4.79 Å². The van der Waals surface area contributed by atoms with E-state index in [9.17, 15) is 9.59 Å². The molecule has 2 amide bonds. The Kier molecular flexibility index (Phi) is 5.16. The molecule has 0 aliphatic carbocycles. The van der Waals surface area contributed by atoms with Crippen molar-refractivity contribution < 1.29 is 19.1 Å². The van der Waals surface area contributed by atoms with Crippen molar-refractivity contribution in [3.05, 3.63) is 17.8 Å². The molecule has 0 aromatic carbocycles. The monoisotopic (exact) mass is 255 g/mol. The fourth-order valence-corrected chi connectivity index (χ4v) is 1.43. The van der Waals surface area contributed by atoms with E-state index in [-0.39, 0.29) is 13.1 Å². The molecule has 0 atom stereocenters. The average molecular weight is 255 g/mol. The van der Waals surface area contributed by atoms with Crippen LogP contribution in [0.25, 0.3) is 0 Å². The van der Waals surface area contributed by atoms with Gasteiger partial charge in [-0.05, 0) is 13.3 Å². The molecule has 1 aromatic rings. The third-order valence-electron chi connectivity index (χ3n) is 2.17. The Hall–Kier alpha value is -2.05. The van der Waals surface area contributed by atoms with Crippen LogP contribution < -0.4 is 5.32 Å². The molecule has 0 radical (unpaired) electrons. The molecule has 18 heavy (non-hydrogen) atoms. The molecule has 100 valence electrons. The Morgan fingerprint density at radius 1 is 1.56 bits per heavy atom. The first kappa shape index (κ1) is 14.0. The Bertz CT molecular complexity index is 416. The molecule has 0 spiro atoms. The molecule has 1 rings (SSSR count). The number of carbonyl (C=O) groups excluding carboxylic acids is 1. The topological polar surface area (TPSA) is 95.7 Å². The summed E-state index contributed by atoms with van der Waals surface area (Å²) in [6, 6.07) is -0.435. The molecule has 0 aliphatic rings. The van der Waals surface area contributed by atoms with E-state index in [2.05, 4.69) is 10.3 Å². The molecular formula is C11H17N3O4. The minimum Gasteiger partial charge on any atom is -0.480 e. The van der Waals surface area contributed by atoms with Crippen molar-refractivity contribution in [2.75, 3.05) is 13.1 Å². The second-order valence-corrected chi connectivity index (χ2v) is 3.84. The lowest BCUT2D eigenvalue weighted by Crippen LogP contribution is -2.42. The van der Waals surface area contributed by atoms with Crippen LogP contribution in [0.5, 0.6) is 0 Å². The summed E-state index contributed by atoms with van der Waals surface area (Å²) >= 11 is 0. The highest BCUT2D eigenvalue weighted by Gasteiger charge is 2.15. The van der Waals surface area contributed by atoms with Gasteiger partial charge in [-0.15, -0.1) is 0 Å². The van der Waals surface area contributed by atoms with Crippen molar-refractivity contribution >= 4 is 12.0 Å². The zero-order valence-corrected chi connectivity index (χ0v) is 10.5. The highest BCUT2D eigenvalue weighted by atomic mass is 16.4. The summed E-state index contributed by atoms with van der Waals surface area (Å²) in [5, 5.41) is 11.3. The van der Waals surface area contributed by atoms with Crippen molar-refractivity contribution in [2.24, 2.45) is 0 Å². The summed E-state index contributed by atoms with van der Waals surface area (Å²) in [6.45, 7) is 3.85. The molecule has 0 saturated carbocycles. The predicted molar refractivity (Wildman–Crippen MR) is 63.0 cm³/mol. The second-order valence-electron chi connectivity index (χ2n) is 3.84. The minimum absolute atomic E-state index is 0.145. The van der Waals surface area contributed by atoms with Gasteiger partial charge in [0.05, 0.1) is 12.7 Å². The number of oxazole rings is 1. The molecular weight excluding hydrogens is 238 g/mol. The Morgan fingerprint density at radius 3 is 2.78 bits per heavy atom. The van der Waals surface area contributed by atoms with E-state index in [4.69, 9.17) is 9.52 Å². The first-order valence-corrected chi connectivity index (χ1v) is 5.68. The van der Waals surface area contributed by atoms with E-state index in [0.717, 1.165) is 0 Å².